The molecule has 1 aliphatic heterocycles. The maximum atomic E-state index is 12.9. The Balaban J connectivity index is 1.35. The summed E-state index contributed by atoms with van der Waals surface area (Å²) < 4.78 is 7.45. The number of amides is 1. The third-order valence-corrected chi connectivity index (χ3v) is 7.36. The number of carbonyl (C=O) groups excluding carboxylic acids is 1. The van der Waals surface area contributed by atoms with Crippen molar-refractivity contribution < 1.29 is 9.53 Å². The maximum Gasteiger partial charge on any atom is 0.261 e. The van der Waals surface area contributed by atoms with Gasteiger partial charge in [-0.2, -0.15) is 5.10 Å². The van der Waals surface area contributed by atoms with Gasteiger partial charge in [-0.15, -0.1) is 11.3 Å². The number of aryl methyl sites for hydroxylation is 1. The molecule has 1 aliphatic carbocycles. The molecule has 0 unspecified atom stereocenters. The number of rotatable bonds is 5. The molecule has 0 bridgehead atoms. The van der Waals surface area contributed by atoms with Gasteiger partial charge in [0.1, 0.15) is 4.83 Å². The van der Waals surface area contributed by atoms with E-state index in [-0.39, 0.29) is 17.4 Å². The first-order chi connectivity index (χ1) is 13.7. The predicted molar refractivity (Wildman–Crippen MR) is 118 cm³/mol. The van der Waals surface area contributed by atoms with E-state index in [4.69, 9.17) is 4.74 Å². The first-order valence-corrected chi connectivity index (χ1v) is 11.6. The molecule has 0 atom stereocenters. The second kappa shape index (κ2) is 8.00. The number of methoxy groups -OCH3 is 1. The average Bonchev–Trinajstić information content (AvgIpc) is 3.16. The third-order valence-electron chi connectivity index (χ3n) is 6.21. The summed E-state index contributed by atoms with van der Waals surface area (Å²) in [6, 6.07) is 2.97. The first kappa shape index (κ1) is 20.8. The van der Waals surface area contributed by atoms with Gasteiger partial charge in [-0.3, -0.25) is 14.4 Å². The van der Waals surface area contributed by atoms with Crippen LogP contribution in [0.5, 0.6) is 0 Å². The van der Waals surface area contributed by atoms with Crippen molar-refractivity contribution in [1.82, 2.24) is 20.0 Å². The fraction of sp³-hybridized carbons (Fsp3) is 0.727. The van der Waals surface area contributed by atoms with Crippen LogP contribution in [0.2, 0.25) is 0 Å². The molecule has 2 aromatic rings. The summed E-state index contributed by atoms with van der Waals surface area (Å²) in [5.74, 6) is 0.0692. The van der Waals surface area contributed by atoms with Gasteiger partial charge in [0, 0.05) is 44.2 Å². The van der Waals surface area contributed by atoms with Crippen LogP contribution in [0.1, 0.15) is 61.8 Å². The molecule has 2 aromatic heterocycles. The van der Waals surface area contributed by atoms with Crippen molar-refractivity contribution in [3.63, 3.8) is 0 Å². The van der Waals surface area contributed by atoms with Crippen molar-refractivity contribution >= 4 is 27.5 Å². The molecule has 29 heavy (non-hydrogen) atoms. The quantitative estimate of drug-likeness (QED) is 0.802. The smallest absolute Gasteiger partial charge is 0.261 e. The lowest BCUT2D eigenvalue weighted by Crippen LogP contribution is -2.57. The van der Waals surface area contributed by atoms with Crippen LogP contribution in [0.15, 0.2) is 6.07 Å². The van der Waals surface area contributed by atoms with Crippen LogP contribution in [0.25, 0.3) is 10.2 Å². The van der Waals surface area contributed by atoms with E-state index in [1.54, 1.807) is 18.4 Å². The lowest BCUT2D eigenvalue weighted by atomic mass is 9.88. The monoisotopic (exact) mass is 418 g/mol. The van der Waals surface area contributed by atoms with Crippen LogP contribution in [-0.4, -0.2) is 59.0 Å². The summed E-state index contributed by atoms with van der Waals surface area (Å²) in [4.78, 5) is 17.3. The lowest BCUT2D eigenvalue weighted by molar-refractivity contribution is -0.0581. The van der Waals surface area contributed by atoms with Gasteiger partial charge < -0.3 is 10.1 Å². The van der Waals surface area contributed by atoms with Gasteiger partial charge in [0.25, 0.3) is 5.91 Å². The molecule has 2 aliphatic rings. The predicted octanol–water partition coefficient (Wildman–Crippen LogP) is 3.82. The number of likely N-dealkylation sites (tertiary alicyclic amines) is 1. The van der Waals surface area contributed by atoms with Crippen molar-refractivity contribution in [2.45, 2.75) is 78.1 Å². The number of ether oxygens (including phenoxy) is 1. The fourth-order valence-corrected chi connectivity index (χ4v) is 5.60. The molecular formula is C22H34N4O2S. The van der Waals surface area contributed by atoms with Crippen LogP contribution in [-0.2, 0) is 11.3 Å². The fourth-order valence-electron chi connectivity index (χ4n) is 4.54. The Kier molecular flexibility index (Phi) is 5.75. The second-order valence-corrected chi connectivity index (χ2v) is 11.0. The number of aromatic nitrogens is 2. The molecule has 6 nitrogen and oxygen atoms in total. The Morgan fingerprint density at radius 3 is 2.59 bits per heavy atom. The van der Waals surface area contributed by atoms with E-state index in [2.05, 4.69) is 40.8 Å². The second-order valence-electron chi connectivity index (χ2n) is 9.92. The van der Waals surface area contributed by atoms with Gasteiger partial charge in [-0.25, -0.2) is 0 Å². The highest BCUT2D eigenvalue weighted by Crippen LogP contribution is 2.31. The Bertz CT molecular complexity index is 867. The summed E-state index contributed by atoms with van der Waals surface area (Å²) in [5.41, 5.74) is 1.15. The molecule has 1 saturated heterocycles. The highest BCUT2D eigenvalue weighted by molar-refractivity contribution is 7.20. The van der Waals surface area contributed by atoms with Gasteiger partial charge in [-0.05, 0) is 44.1 Å². The van der Waals surface area contributed by atoms with Crippen LogP contribution in [0.3, 0.4) is 0 Å². The SMILES string of the molecule is COC1CN(C2CCC(NC(=O)c3cc4c(C)nn(CC(C)(C)C)c4s3)CC2)C1. The molecule has 0 radical (unpaired) electrons. The Labute approximate surface area is 177 Å². The number of fused-ring (bicyclic) bond motifs is 1. The van der Waals surface area contributed by atoms with Gasteiger partial charge in [0.2, 0.25) is 0 Å². The highest BCUT2D eigenvalue weighted by Gasteiger charge is 2.34. The molecule has 7 heteroatoms. The van der Waals surface area contributed by atoms with E-state index in [9.17, 15) is 4.79 Å². The third kappa shape index (κ3) is 4.52. The van der Waals surface area contributed by atoms with Crippen molar-refractivity contribution in [3.05, 3.63) is 16.6 Å². The summed E-state index contributed by atoms with van der Waals surface area (Å²) in [5, 5.41) is 9.08. The average molecular weight is 419 g/mol. The Morgan fingerprint density at radius 2 is 1.97 bits per heavy atom. The summed E-state index contributed by atoms with van der Waals surface area (Å²) in [6.07, 6.45) is 4.86. The van der Waals surface area contributed by atoms with E-state index < -0.39 is 0 Å². The largest absolute Gasteiger partial charge is 0.379 e. The zero-order valence-electron chi connectivity index (χ0n) is 18.3. The van der Waals surface area contributed by atoms with Gasteiger partial charge in [-0.1, -0.05) is 20.8 Å². The number of carbonyl (C=O) groups is 1. The van der Waals surface area contributed by atoms with Crippen LogP contribution in [0, 0.1) is 12.3 Å². The van der Waals surface area contributed by atoms with Crippen LogP contribution in [0.4, 0.5) is 0 Å². The molecule has 160 valence electrons. The number of thiophene rings is 1. The molecule has 3 heterocycles. The molecule has 0 spiro atoms. The van der Waals surface area contributed by atoms with E-state index in [0.717, 1.165) is 66.1 Å². The van der Waals surface area contributed by atoms with Crippen molar-refractivity contribution in [1.29, 1.82) is 0 Å². The van der Waals surface area contributed by atoms with Gasteiger partial charge in [0.05, 0.1) is 16.7 Å². The molecule has 1 saturated carbocycles. The van der Waals surface area contributed by atoms with Crippen molar-refractivity contribution in [2.24, 2.45) is 5.41 Å². The Hall–Kier alpha value is -1.44. The van der Waals surface area contributed by atoms with E-state index in [0.29, 0.717) is 12.1 Å². The molecule has 2 fully saturated rings. The first-order valence-electron chi connectivity index (χ1n) is 10.8. The normalized spacial score (nSPS) is 24.0. The molecule has 1 amide bonds. The van der Waals surface area contributed by atoms with E-state index in [1.165, 1.54) is 0 Å². The van der Waals surface area contributed by atoms with Gasteiger partial charge >= 0.3 is 0 Å². The van der Waals surface area contributed by atoms with E-state index in [1.807, 2.05) is 13.0 Å². The molecule has 0 aromatic carbocycles. The summed E-state index contributed by atoms with van der Waals surface area (Å²) >= 11 is 1.57. The van der Waals surface area contributed by atoms with E-state index >= 15 is 0 Å². The zero-order valence-corrected chi connectivity index (χ0v) is 19.1. The van der Waals surface area contributed by atoms with Crippen LogP contribution < -0.4 is 5.32 Å². The van der Waals surface area contributed by atoms with Crippen LogP contribution >= 0.6 is 11.3 Å². The number of nitrogens with one attached hydrogen (secondary N) is 1. The minimum atomic E-state index is 0.0692. The lowest BCUT2D eigenvalue weighted by Gasteiger charge is -2.45. The van der Waals surface area contributed by atoms with Crippen molar-refractivity contribution in [2.75, 3.05) is 20.2 Å². The minimum Gasteiger partial charge on any atom is -0.379 e. The Morgan fingerprint density at radius 1 is 1.28 bits per heavy atom. The van der Waals surface area contributed by atoms with Gasteiger partial charge in [0.15, 0.2) is 0 Å². The number of hydrogen-bond acceptors (Lipinski definition) is 5. The minimum absolute atomic E-state index is 0.0692. The zero-order chi connectivity index (χ0) is 20.8. The topological polar surface area (TPSA) is 59.4 Å². The molecular weight excluding hydrogens is 384 g/mol. The standard InChI is InChI=1S/C22H34N4O2S/c1-14-18-10-19(29-21(18)26(24-14)13-22(2,3)4)20(27)23-15-6-8-16(9-7-15)25-11-17(12-25)28-5/h10,15-17H,6-9,11-13H2,1-5H3,(H,23,27). The maximum absolute atomic E-state index is 12.9. The highest BCUT2D eigenvalue weighted by atomic mass is 32.1. The molecule has 4 rings (SSSR count). The number of nitrogens with zero attached hydrogens (tertiary/aromatic N) is 3. The number of hydrogen-bond donors (Lipinski definition) is 1. The molecule has 1 N–H and O–H groups in total. The van der Waals surface area contributed by atoms with Crippen molar-refractivity contribution in [3.8, 4) is 0 Å². The summed E-state index contributed by atoms with van der Waals surface area (Å²) in [7, 11) is 1.80. The summed E-state index contributed by atoms with van der Waals surface area (Å²) in [6.45, 7) is 11.6.